The third-order valence-electron chi connectivity index (χ3n) is 6.03. The number of alkyl carbamates (subject to hydrolysis) is 2. The summed E-state index contributed by atoms with van der Waals surface area (Å²) in [5.41, 5.74) is -3.13. The van der Waals surface area contributed by atoms with Crippen LogP contribution in [0.15, 0.2) is 0 Å². The molecule has 1 fully saturated rings. The Morgan fingerprint density at radius 3 is 1.66 bits per heavy atom. The van der Waals surface area contributed by atoms with E-state index in [2.05, 4.69) is 10.6 Å². The molecule has 1 aliphatic heterocycles. The van der Waals surface area contributed by atoms with Gasteiger partial charge in [0.15, 0.2) is 0 Å². The molecular formula is C27H51BN2O8. The van der Waals surface area contributed by atoms with Gasteiger partial charge in [0.1, 0.15) is 22.8 Å². The number of amides is 2. The van der Waals surface area contributed by atoms with Gasteiger partial charge in [-0.15, -0.1) is 0 Å². The van der Waals surface area contributed by atoms with E-state index in [1.807, 2.05) is 27.7 Å². The lowest BCUT2D eigenvalue weighted by molar-refractivity contribution is -0.159. The molecule has 1 heterocycles. The summed E-state index contributed by atoms with van der Waals surface area (Å²) in [5.74, 6) is -1.14. The third-order valence-corrected chi connectivity index (χ3v) is 6.03. The number of carbonyl (C=O) groups excluding carboxylic acids is 3. The summed E-state index contributed by atoms with van der Waals surface area (Å²) in [4.78, 5) is 38.4. The van der Waals surface area contributed by atoms with Crippen LogP contribution in [0.25, 0.3) is 0 Å². The van der Waals surface area contributed by atoms with Gasteiger partial charge in [-0.3, -0.25) is 0 Å². The Balaban J connectivity index is 3.11. The second-order valence-electron chi connectivity index (χ2n) is 13.9. The van der Waals surface area contributed by atoms with Crippen LogP contribution >= 0.6 is 0 Å². The molecule has 0 spiro atoms. The third kappa shape index (κ3) is 12.2. The molecule has 2 atom stereocenters. The topological polar surface area (TPSA) is 121 Å². The first-order chi connectivity index (χ1) is 16.9. The van der Waals surface area contributed by atoms with Crippen LogP contribution in [0.3, 0.4) is 0 Å². The normalized spacial score (nSPS) is 18.8. The van der Waals surface area contributed by atoms with Gasteiger partial charge in [-0.25, -0.2) is 14.4 Å². The lowest BCUT2D eigenvalue weighted by Crippen LogP contribution is -2.52. The van der Waals surface area contributed by atoms with Crippen molar-refractivity contribution in [3.05, 3.63) is 0 Å². The van der Waals surface area contributed by atoms with Crippen molar-refractivity contribution in [3.63, 3.8) is 0 Å². The largest absolute Gasteiger partial charge is 0.458 e. The predicted octanol–water partition coefficient (Wildman–Crippen LogP) is 5.23. The van der Waals surface area contributed by atoms with E-state index in [-0.39, 0.29) is 6.54 Å². The maximum absolute atomic E-state index is 13.3. The number of ether oxygens (including phenoxy) is 3. The van der Waals surface area contributed by atoms with Crippen molar-refractivity contribution >= 4 is 25.3 Å². The monoisotopic (exact) mass is 542 g/mol. The number of nitrogens with one attached hydrogen (secondary N) is 2. The molecular weight excluding hydrogens is 491 g/mol. The predicted molar refractivity (Wildman–Crippen MR) is 147 cm³/mol. The molecule has 0 aromatic carbocycles. The zero-order chi connectivity index (χ0) is 29.7. The van der Waals surface area contributed by atoms with Crippen LogP contribution in [0.4, 0.5) is 9.59 Å². The fraction of sp³-hybridized carbons (Fsp3) is 0.889. The number of hydrogen-bond acceptors (Lipinski definition) is 8. The van der Waals surface area contributed by atoms with E-state index in [4.69, 9.17) is 23.5 Å². The van der Waals surface area contributed by atoms with Crippen LogP contribution in [0.1, 0.15) is 103 Å². The second-order valence-corrected chi connectivity index (χ2v) is 13.9. The minimum Gasteiger partial charge on any atom is -0.458 e. The minimum atomic E-state index is -1.07. The van der Waals surface area contributed by atoms with Gasteiger partial charge < -0.3 is 34.2 Å². The van der Waals surface area contributed by atoms with Crippen LogP contribution in [-0.4, -0.2) is 65.9 Å². The van der Waals surface area contributed by atoms with E-state index in [0.29, 0.717) is 19.2 Å². The van der Waals surface area contributed by atoms with Crippen molar-refractivity contribution < 1.29 is 37.9 Å². The molecule has 1 aliphatic rings. The smallest absolute Gasteiger partial charge is 0.457 e. The van der Waals surface area contributed by atoms with Crippen LogP contribution in [0.5, 0.6) is 0 Å². The SMILES string of the molecule is CC(C)(C)OC(=O)NC[C@@H](CCCB1OC(C)(C)C(C)(C)O1)[C@H](NC(=O)OC(C)(C)C)C(=O)OC(C)(C)C. The van der Waals surface area contributed by atoms with E-state index in [9.17, 15) is 14.4 Å². The van der Waals surface area contributed by atoms with E-state index in [1.165, 1.54) is 0 Å². The van der Waals surface area contributed by atoms with Crippen LogP contribution in [-0.2, 0) is 28.3 Å². The van der Waals surface area contributed by atoms with Crippen molar-refractivity contribution in [2.75, 3.05) is 6.54 Å². The molecule has 10 nitrogen and oxygen atoms in total. The average Bonchev–Trinajstić information content (AvgIpc) is 2.85. The second kappa shape index (κ2) is 12.4. The quantitative estimate of drug-likeness (QED) is 0.231. The first-order valence-electron chi connectivity index (χ1n) is 13.5. The average molecular weight is 543 g/mol. The molecule has 0 aliphatic carbocycles. The minimum absolute atomic E-state index is 0.0674. The summed E-state index contributed by atoms with van der Waals surface area (Å²) in [7, 11) is -0.404. The fourth-order valence-corrected chi connectivity index (χ4v) is 3.71. The van der Waals surface area contributed by atoms with Gasteiger partial charge in [-0.1, -0.05) is 6.42 Å². The van der Waals surface area contributed by atoms with E-state index >= 15 is 0 Å². The van der Waals surface area contributed by atoms with Crippen molar-refractivity contribution in [1.29, 1.82) is 0 Å². The fourth-order valence-electron chi connectivity index (χ4n) is 3.71. The van der Waals surface area contributed by atoms with E-state index in [1.54, 1.807) is 62.3 Å². The summed E-state index contributed by atoms with van der Waals surface area (Å²) in [5, 5.41) is 5.42. The first kappa shape index (κ1) is 34.0. The highest BCUT2D eigenvalue weighted by Gasteiger charge is 2.50. The molecule has 38 heavy (non-hydrogen) atoms. The maximum atomic E-state index is 13.3. The molecule has 2 amide bonds. The first-order valence-corrected chi connectivity index (χ1v) is 13.5. The highest BCUT2D eigenvalue weighted by atomic mass is 16.7. The molecule has 1 rings (SSSR count). The van der Waals surface area contributed by atoms with Gasteiger partial charge in [-0.2, -0.15) is 0 Å². The molecule has 0 bridgehead atoms. The Hall–Kier alpha value is -2.01. The molecule has 0 saturated carbocycles. The maximum Gasteiger partial charge on any atom is 0.457 e. The number of rotatable bonds is 9. The van der Waals surface area contributed by atoms with Gasteiger partial charge in [0.05, 0.1) is 11.2 Å². The van der Waals surface area contributed by atoms with Crippen LogP contribution in [0, 0.1) is 5.92 Å². The number of esters is 1. The summed E-state index contributed by atoms with van der Waals surface area (Å²) >= 11 is 0. The Kier molecular flexibility index (Phi) is 11.1. The van der Waals surface area contributed by atoms with Gasteiger partial charge in [0, 0.05) is 12.5 Å². The Morgan fingerprint density at radius 2 is 1.21 bits per heavy atom. The lowest BCUT2D eigenvalue weighted by Gasteiger charge is -2.32. The molecule has 220 valence electrons. The number of hydrogen-bond donors (Lipinski definition) is 2. The standard InChI is InChI=1S/C27H51BN2O8/c1-23(2,3)34-20(31)19(30-22(33)36-25(7,8)9)18(17-29-21(32)35-24(4,5)6)15-14-16-28-37-26(10,11)27(12,13)38-28/h18-19H,14-17H2,1-13H3,(H,29,32)(H,30,33)/t18-,19+/m1/s1. The lowest BCUT2D eigenvalue weighted by atomic mass is 9.80. The van der Waals surface area contributed by atoms with Crippen LogP contribution in [0.2, 0.25) is 6.32 Å². The Bertz CT molecular complexity index is 808. The Labute approximate surface area is 229 Å². The van der Waals surface area contributed by atoms with Crippen molar-refractivity contribution in [2.45, 2.75) is 143 Å². The van der Waals surface area contributed by atoms with Gasteiger partial charge in [0.25, 0.3) is 0 Å². The molecule has 0 radical (unpaired) electrons. The van der Waals surface area contributed by atoms with E-state index < -0.39 is 65.2 Å². The molecule has 0 aromatic rings. The zero-order valence-electron chi connectivity index (χ0n) is 25.8. The zero-order valence-corrected chi connectivity index (χ0v) is 25.8. The highest BCUT2D eigenvalue weighted by molar-refractivity contribution is 6.45. The van der Waals surface area contributed by atoms with Crippen molar-refractivity contribution in [3.8, 4) is 0 Å². The molecule has 2 N–H and O–H groups in total. The van der Waals surface area contributed by atoms with Gasteiger partial charge in [-0.05, 0) is 103 Å². The summed E-state index contributed by atoms with van der Waals surface area (Å²) in [6.07, 6.45) is 0.269. The molecule has 0 unspecified atom stereocenters. The van der Waals surface area contributed by atoms with Crippen molar-refractivity contribution in [1.82, 2.24) is 10.6 Å². The summed E-state index contributed by atoms with van der Waals surface area (Å²) in [6.45, 7) is 23.8. The van der Waals surface area contributed by atoms with Crippen molar-refractivity contribution in [2.24, 2.45) is 5.92 Å². The molecule has 11 heteroatoms. The van der Waals surface area contributed by atoms with E-state index in [0.717, 1.165) is 0 Å². The molecule has 0 aromatic heterocycles. The number of carbonyl (C=O) groups is 3. The van der Waals surface area contributed by atoms with Gasteiger partial charge in [0.2, 0.25) is 0 Å². The van der Waals surface area contributed by atoms with Crippen LogP contribution < -0.4 is 10.6 Å². The highest BCUT2D eigenvalue weighted by Crippen LogP contribution is 2.38. The summed E-state index contributed by atoms with van der Waals surface area (Å²) < 4.78 is 28.6. The Morgan fingerprint density at radius 1 is 0.763 bits per heavy atom. The summed E-state index contributed by atoms with van der Waals surface area (Å²) in [6, 6.07) is -1.07. The van der Waals surface area contributed by atoms with Gasteiger partial charge >= 0.3 is 25.3 Å². The molecule has 1 saturated heterocycles.